The molecule has 3 aliphatic rings. The first-order valence-corrected chi connectivity index (χ1v) is 16.0. The number of rotatable bonds is 8. The molecule has 0 nitrogen and oxygen atoms in total. The molecular formula is C14H24S2Te2. The van der Waals surface area contributed by atoms with Crippen molar-refractivity contribution in [3.05, 3.63) is 0 Å². The number of thioether (sulfide) groups is 2. The van der Waals surface area contributed by atoms with Crippen LogP contribution in [0.25, 0.3) is 0 Å². The average molecular weight is 512 g/mol. The molecule has 4 unspecified atom stereocenters. The van der Waals surface area contributed by atoms with Gasteiger partial charge in [-0.2, -0.15) is 0 Å². The van der Waals surface area contributed by atoms with Gasteiger partial charge in [0.25, 0.3) is 0 Å². The zero-order chi connectivity index (χ0) is 12.2. The van der Waals surface area contributed by atoms with Crippen molar-refractivity contribution in [1.82, 2.24) is 0 Å². The molecule has 0 aromatic carbocycles. The minimum atomic E-state index is 0.401. The zero-order valence-corrected chi connectivity index (χ0v) is 17.3. The molecule has 104 valence electrons. The van der Waals surface area contributed by atoms with Crippen molar-refractivity contribution >= 4 is 65.4 Å². The average Bonchev–Trinajstić information content (AvgIpc) is 3.25. The predicted molar refractivity (Wildman–Crippen MR) is 88.7 cm³/mol. The molecule has 18 heavy (non-hydrogen) atoms. The Morgan fingerprint density at radius 1 is 0.778 bits per heavy atom. The standard InChI is InChI=1S/C14H24S2Te2/c1-2-11(7-17-9-13-5-15-13)4-12(3-1)8-18-10-14-6-16-14/h11-14H,1-10H2. The third kappa shape index (κ3) is 5.95. The van der Waals surface area contributed by atoms with Gasteiger partial charge in [-0.15, -0.1) is 0 Å². The number of hydrogen-bond donors (Lipinski definition) is 0. The molecule has 0 spiro atoms. The quantitative estimate of drug-likeness (QED) is 0.356. The van der Waals surface area contributed by atoms with E-state index in [1.54, 1.807) is 43.6 Å². The summed E-state index contributed by atoms with van der Waals surface area (Å²) in [5, 5.41) is 2.27. The Morgan fingerprint density at radius 2 is 1.28 bits per heavy atom. The summed E-state index contributed by atoms with van der Waals surface area (Å²) in [6.07, 6.45) is 6.41. The van der Waals surface area contributed by atoms with Crippen molar-refractivity contribution in [2.75, 3.05) is 11.5 Å². The SMILES string of the molecule is C1CC(C[Te]CC2CS2)CC(C[Te]CC2CS2)C1. The molecule has 2 saturated heterocycles. The number of hydrogen-bond acceptors (Lipinski definition) is 2. The van der Waals surface area contributed by atoms with Crippen LogP contribution in [0, 0.1) is 11.8 Å². The second kappa shape index (κ2) is 8.06. The van der Waals surface area contributed by atoms with E-state index in [9.17, 15) is 0 Å². The first kappa shape index (κ1) is 15.2. The van der Waals surface area contributed by atoms with Crippen LogP contribution in [0.1, 0.15) is 25.7 Å². The van der Waals surface area contributed by atoms with Crippen LogP contribution in [0.4, 0.5) is 0 Å². The van der Waals surface area contributed by atoms with Gasteiger partial charge in [-0.1, -0.05) is 0 Å². The van der Waals surface area contributed by atoms with Gasteiger partial charge in [0, 0.05) is 0 Å². The molecule has 0 amide bonds. The van der Waals surface area contributed by atoms with Crippen molar-refractivity contribution in [2.45, 2.75) is 54.1 Å². The fourth-order valence-corrected chi connectivity index (χ4v) is 13.9. The van der Waals surface area contributed by atoms with Gasteiger partial charge in [0.15, 0.2) is 0 Å². The van der Waals surface area contributed by atoms with Crippen molar-refractivity contribution in [3.63, 3.8) is 0 Å². The Morgan fingerprint density at radius 3 is 1.72 bits per heavy atom. The topological polar surface area (TPSA) is 0 Å². The molecule has 2 heterocycles. The summed E-state index contributed by atoms with van der Waals surface area (Å²) in [4.78, 5) is 0. The second-order valence-corrected chi connectivity index (χ2v) is 14.7. The van der Waals surface area contributed by atoms with Crippen molar-refractivity contribution in [1.29, 1.82) is 0 Å². The Hall–Kier alpha value is 2.28. The van der Waals surface area contributed by atoms with Crippen LogP contribution in [0.5, 0.6) is 0 Å². The molecule has 1 saturated carbocycles. The molecule has 0 radical (unpaired) electrons. The Kier molecular flexibility index (Phi) is 6.80. The fourth-order valence-electron chi connectivity index (χ4n) is 2.77. The second-order valence-electron chi connectivity index (χ2n) is 5.88. The van der Waals surface area contributed by atoms with E-state index in [2.05, 4.69) is 23.5 Å². The maximum atomic E-state index is 2.21. The molecular weight excluding hydrogens is 487 g/mol. The van der Waals surface area contributed by atoms with Gasteiger partial charge in [0.1, 0.15) is 0 Å². The Balaban J connectivity index is 1.26. The van der Waals surface area contributed by atoms with Crippen molar-refractivity contribution < 1.29 is 0 Å². The minimum absolute atomic E-state index is 0.401. The third-order valence-corrected chi connectivity index (χ3v) is 14.9. The van der Waals surface area contributed by atoms with E-state index in [1.165, 1.54) is 23.3 Å². The molecule has 3 rings (SSSR count). The Labute approximate surface area is 141 Å². The predicted octanol–water partition coefficient (Wildman–Crippen LogP) is 4.11. The zero-order valence-electron chi connectivity index (χ0n) is 11.0. The molecule has 0 aromatic rings. The van der Waals surface area contributed by atoms with Gasteiger partial charge in [-0.05, 0) is 0 Å². The van der Waals surface area contributed by atoms with Crippen LogP contribution in [0.3, 0.4) is 0 Å². The first-order chi connectivity index (χ1) is 8.90. The molecule has 4 heteroatoms. The van der Waals surface area contributed by atoms with Crippen LogP contribution in [-0.2, 0) is 0 Å². The van der Waals surface area contributed by atoms with Gasteiger partial charge in [-0.3, -0.25) is 0 Å². The monoisotopic (exact) mass is 516 g/mol. The van der Waals surface area contributed by atoms with Gasteiger partial charge in [0.2, 0.25) is 0 Å². The van der Waals surface area contributed by atoms with Crippen LogP contribution in [0.2, 0.25) is 17.9 Å². The van der Waals surface area contributed by atoms with Gasteiger partial charge in [-0.25, -0.2) is 0 Å². The normalized spacial score (nSPS) is 38.7. The van der Waals surface area contributed by atoms with Crippen LogP contribution < -0.4 is 0 Å². The van der Waals surface area contributed by atoms with Crippen molar-refractivity contribution in [3.8, 4) is 0 Å². The molecule has 1 aliphatic carbocycles. The summed E-state index contributed by atoms with van der Waals surface area (Å²) in [5.74, 6) is 5.36. The molecule has 0 N–H and O–H groups in total. The van der Waals surface area contributed by atoms with Crippen LogP contribution in [-0.4, -0.2) is 63.9 Å². The van der Waals surface area contributed by atoms with Crippen LogP contribution in [0.15, 0.2) is 0 Å². The van der Waals surface area contributed by atoms with E-state index in [1.807, 2.05) is 0 Å². The maximum absolute atomic E-state index is 2.21. The van der Waals surface area contributed by atoms with Gasteiger partial charge < -0.3 is 0 Å². The van der Waals surface area contributed by atoms with Gasteiger partial charge >= 0.3 is 143 Å². The van der Waals surface area contributed by atoms with Crippen LogP contribution >= 0.6 is 23.5 Å². The summed E-state index contributed by atoms with van der Waals surface area (Å²) in [6, 6.07) is 0. The molecule has 4 atom stereocenters. The van der Waals surface area contributed by atoms with Gasteiger partial charge in [0.05, 0.1) is 0 Å². The summed E-state index contributed by atoms with van der Waals surface area (Å²) >= 11 is 5.22. The molecule has 0 aromatic heterocycles. The summed E-state index contributed by atoms with van der Waals surface area (Å²) in [7, 11) is 0. The van der Waals surface area contributed by atoms with E-state index in [4.69, 9.17) is 0 Å². The van der Waals surface area contributed by atoms with E-state index in [0.29, 0.717) is 41.8 Å². The fraction of sp³-hybridized carbons (Fsp3) is 1.00. The first-order valence-electron chi connectivity index (χ1n) is 7.29. The summed E-state index contributed by atoms with van der Waals surface area (Å²) < 4.78 is 6.70. The molecule has 3 fully saturated rings. The van der Waals surface area contributed by atoms with E-state index in [-0.39, 0.29) is 0 Å². The summed E-state index contributed by atoms with van der Waals surface area (Å²) in [5.41, 5.74) is 0. The summed E-state index contributed by atoms with van der Waals surface area (Å²) in [6.45, 7) is 0. The van der Waals surface area contributed by atoms with Crippen molar-refractivity contribution in [2.24, 2.45) is 11.8 Å². The van der Waals surface area contributed by atoms with E-state index in [0.717, 1.165) is 10.5 Å². The molecule has 2 aliphatic heterocycles. The van der Waals surface area contributed by atoms with E-state index < -0.39 is 0 Å². The molecule has 0 bridgehead atoms. The third-order valence-electron chi connectivity index (χ3n) is 4.01. The Bertz CT molecular complexity index is 230. The van der Waals surface area contributed by atoms with E-state index >= 15 is 0 Å².